The van der Waals surface area contributed by atoms with Crippen LogP contribution in [0.4, 0.5) is 4.39 Å². The summed E-state index contributed by atoms with van der Waals surface area (Å²) in [7, 11) is 0. The number of carbonyl (C=O) groups is 2. The van der Waals surface area contributed by atoms with Gasteiger partial charge in [0.15, 0.2) is 0 Å². The van der Waals surface area contributed by atoms with Crippen LogP contribution in [0.15, 0.2) is 42.6 Å². The van der Waals surface area contributed by atoms with Crippen LogP contribution in [0.25, 0.3) is 11.3 Å². The smallest absolute Gasteiger partial charge is 0.306 e. The molecule has 0 radical (unpaired) electrons. The lowest BCUT2D eigenvalue weighted by atomic mass is 9.86. The molecule has 0 bridgehead atoms. The summed E-state index contributed by atoms with van der Waals surface area (Å²) in [6, 6.07) is 9.46. The van der Waals surface area contributed by atoms with Crippen molar-refractivity contribution in [2.75, 3.05) is 0 Å². The van der Waals surface area contributed by atoms with E-state index in [1.165, 1.54) is 18.3 Å². The molecule has 1 aromatic heterocycles. The maximum atomic E-state index is 13.3. The first-order valence-corrected chi connectivity index (χ1v) is 8.28. The summed E-state index contributed by atoms with van der Waals surface area (Å²) in [5, 5.41) is 11.9. The molecule has 1 heterocycles. The number of carboxylic acid groups (broad SMARTS) is 1. The van der Waals surface area contributed by atoms with Gasteiger partial charge in [0.1, 0.15) is 5.82 Å². The quantitative estimate of drug-likeness (QED) is 0.894. The van der Waals surface area contributed by atoms with Gasteiger partial charge in [-0.25, -0.2) is 4.39 Å². The Labute approximate surface area is 144 Å². The van der Waals surface area contributed by atoms with E-state index in [1.54, 1.807) is 24.3 Å². The standard InChI is InChI=1S/C19H19FN2O3/c20-15-3-1-2-13(10-15)17-9-6-14(11-21-17)18(23)22-16-7-4-12(5-8-16)19(24)25/h1-3,6,9-12,16H,4-5,7-8H2,(H,22,23)(H,24,25). The van der Waals surface area contributed by atoms with Gasteiger partial charge in [0.2, 0.25) is 0 Å². The fraction of sp³-hybridized carbons (Fsp3) is 0.316. The van der Waals surface area contributed by atoms with Gasteiger partial charge in [-0.1, -0.05) is 12.1 Å². The second kappa shape index (κ2) is 7.42. The molecule has 25 heavy (non-hydrogen) atoms. The highest BCUT2D eigenvalue weighted by atomic mass is 19.1. The first-order valence-electron chi connectivity index (χ1n) is 8.28. The zero-order chi connectivity index (χ0) is 17.8. The van der Waals surface area contributed by atoms with Crippen molar-refractivity contribution in [1.82, 2.24) is 10.3 Å². The highest BCUT2D eigenvalue weighted by molar-refractivity contribution is 5.94. The third-order valence-electron chi connectivity index (χ3n) is 4.56. The van der Waals surface area contributed by atoms with Gasteiger partial charge in [-0.2, -0.15) is 0 Å². The Morgan fingerprint density at radius 1 is 1.12 bits per heavy atom. The fourth-order valence-electron chi connectivity index (χ4n) is 3.10. The average molecular weight is 342 g/mol. The molecule has 1 saturated carbocycles. The molecule has 1 aromatic carbocycles. The molecule has 1 fully saturated rings. The molecule has 0 aliphatic heterocycles. The number of amides is 1. The van der Waals surface area contributed by atoms with Crippen LogP contribution >= 0.6 is 0 Å². The van der Waals surface area contributed by atoms with Crippen LogP contribution in [0.2, 0.25) is 0 Å². The summed E-state index contributed by atoms with van der Waals surface area (Å²) in [4.78, 5) is 27.5. The second-order valence-electron chi connectivity index (χ2n) is 6.30. The van der Waals surface area contributed by atoms with Gasteiger partial charge in [-0.05, 0) is 49.9 Å². The Hall–Kier alpha value is -2.76. The molecule has 5 nitrogen and oxygen atoms in total. The van der Waals surface area contributed by atoms with Crippen molar-refractivity contribution in [2.45, 2.75) is 31.7 Å². The molecule has 2 N–H and O–H groups in total. The summed E-state index contributed by atoms with van der Waals surface area (Å²) in [5.41, 5.74) is 1.68. The first-order chi connectivity index (χ1) is 12.0. The summed E-state index contributed by atoms with van der Waals surface area (Å²) >= 11 is 0. The average Bonchev–Trinajstić information content (AvgIpc) is 2.62. The Balaban J connectivity index is 1.61. The number of hydrogen-bond donors (Lipinski definition) is 2. The summed E-state index contributed by atoms with van der Waals surface area (Å²) in [6.07, 6.45) is 3.96. The SMILES string of the molecule is O=C(NC1CCC(C(=O)O)CC1)c1ccc(-c2cccc(F)c2)nc1. The van der Waals surface area contributed by atoms with Gasteiger partial charge >= 0.3 is 5.97 Å². The van der Waals surface area contributed by atoms with Crippen molar-refractivity contribution >= 4 is 11.9 Å². The number of aliphatic carboxylic acids is 1. The van der Waals surface area contributed by atoms with Gasteiger partial charge in [0, 0.05) is 17.8 Å². The number of nitrogens with one attached hydrogen (secondary N) is 1. The van der Waals surface area contributed by atoms with Crippen LogP contribution in [-0.2, 0) is 4.79 Å². The third-order valence-corrected chi connectivity index (χ3v) is 4.56. The minimum atomic E-state index is -0.762. The number of aromatic nitrogens is 1. The molecule has 1 aliphatic carbocycles. The number of pyridine rings is 1. The summed E-state index contributed by atoms with van der Waals surface area (Å²) in [6.45, 7) is 0. The number of benzene rings is 1. The summed E-state index contributed by atoms with van der Waals surface area (Å²) in [5.74, 6) is -1.63. The molecule has 0 spiro atoms. The lowest BCUT2D eigenvalue weighted by Crippen LogP contribution is -2.38. The minimum Gasteiger partial charge on any atom is -0.481 e. The molecule has 3 rings (SSSR count). The fourth-order valence-corrected chi connectivity index (χ4v) is 3.10. The van der Waals surface area contributed by atoms with Gasteiger partial charge in [-0.15, -0.1) is 0 Å². The molecule has 130 valence electrons. The predicted octanol–water partition coefficient (Wildman–Crippen LogP) is 3.26. The number of carbonyl (C=O) groups excluding carboxylic acids is 1. The normalized spacial score (nSPS) is 20.0. The van der Waals surface area contributed by atoms with Crippen LogP contribution in [0.5, 0.6) is 0 Å². The third kappa shape index (κ3) is 4.21. The highest BCUT2D eigenvalue weighted by Gasteiger charge is 2.26. The van der Waals surface area contributed by atoms with Crippen LogP contribution in [0.1, 0.15) is 36.0 Å². The molecule has 0 saturated heterocycles. The van der Waals surface area contributed by atoms with Crippen LogP contribution < -0.4 is 5.32 Å². The zero-order valence-corrected chi connectivity index (χ0v) is 13.6. The van der Waals surface area contributed by atoms with Crippen molar-refractivity contribution < 1.29 is 19.1 Å². The first kappa shape index (κ1) is 17.1. The Morgan fingerprint density at radius 3 is 2.48 bits per heavy atom. The van der Waals surface area contributed by atoms with E-state index in [9.17, 15) is 14.0 Å². The Bertz CT molecular complexity index is 768. The van der Waals surface area contributed by atoms with Crippen molar-refractivity contribution in [1.29, 1.82) is 0 Å². The molecule has 6 heteroatoms. The van der Waals surface area contributed by atoms with E-state index in [-0.39, 0.29) is 23.7 Å². The number of rotatable bonds is 4. The van der Waals surface area contributed by atoms with Crippen LogP contribution in [-0.4, -0.2) is 28.0 Å². The van der Waals surface area contributed by atoms with Crippen molar-refractivity contribution in [2.24, 2.45) is 5.92 Å². The Kier molecular flexibility index (Phi) is 5.07. The van der Waals surface area contributed by atoms with Gasteiger partial charge in [-0.3, -0.25) is 14.6 Å². The lowest BCUT2D eigenvalue weighted by molar-refractivity contribution is -0.142. The van der Waals surface area contributed by atoms with Crippen LogP contribution in [0.3, 0.4) is 0 Å². The van der Waals surface area contributed by atoms with E-state index in [4.69, 9.17) is 5.11 Å². The summed E-state index contributed by atoms with van der Waals surface area (Å²) < 4.78 is 13.3. The largest absolute Gasteiger partial charge is 0.481 e. The Morgan fingerprint density at radius 2 is 1.88 bits per heavy atom. The van der Waals surface area contributed by atoms with E-state index < -0.39 is 5.97 Å². The van der Waals surface area contributed by atoms with Crippen molar-refractivity contribution in [3.63, 3.8) is 0 Å². The van der Waals surface area contributed by atoms with Crippen molar-refractivity contribution in [3.8, 4) is 11.3 Å². The molecule has 2 aromatic rings. The second-order valence-corrected chi connectivity index (χ2v) is 6.30. The van der Waals surface area contributed by atoms with Gasteiger partial charge in [0.05, 0.1) is 17.2 Å². The van der Waals surface area contributed by atoms with Crippen molar-refractivity contribution in [3.05, 3.63) is 54.0 Å². The number of carboxylic acids is 1. The zero-order valence-electron chi connectivity index (χ0n) is 13.6. The number of hydrogen-bond acceptors (Lipinski definition) is 3. The molecule has 0 atom stereocenters. The number of nitrogens with zero attached hydrogens (tertiary/aromatic N) is 1. The van der Waals surface area contributed by atoms with E-state index in [0.29, 0.717) is 42.5 Å². The molecule has 1 amide bonds. The maximum absolute atomic E-state index is 13.3. The lowest BCUT2D eigenvalue weighted by Gasteiger charge is -2.26. The topological polar surface area (TPSA) is 79.3 Å². The predicted molar refractivity (Wildman–Crippen MR) is 90.5 cm³/mol. The monoisotopic (exact) mass is 342 g/mol. The molecular formula is C19H19FN2O3. The minimum absolute atomic E-state index is 0.00834. The van der Waals surface area contributed by atoms with Gasteiger partial charge in [0.25, 0.3) is 5.91 Å². The van der Waals surface area contributed by atoms with E-state index >= 15 is 0 Å². The van der Waals surface area contributed by atoms with E-state index in [2.05, 4.69) is 10.3 Å². The van der Waals surface area contributed by atoms with Crippen LogP contribution in [0, 0.1) is 11.7 Å². The van der Waals surface area contributed by atoms with E-state index in [0.717, 1.165) is 0 Å². The maximum Gasteiger partial charge on any atom is 0.306 e. The number of halogens is 1. The molecule has 1 aliphatic rings. The van der Waals surface area contributed by atoms with Gasteiger partial charge < -0.3 is 10.4 Å². The highest BCUT2D eigenvalue weighted by Crippen LogP contribution is 2.25. The molecular weight excluding hydrogens is 323 g/mol. The van der Waals surface area contributed by atoms with E-state index in [1.807, 2.05) is 0 Å². The molecule has 0 unspecified atom stereocenters.